The van der Waals surface area contributed by atoms with E-state index < -0.39 is 10.0 Å². The van der Waals surface area contributed by atoms with Crippen molar-refractivity contribution in [3.63, 3.8) is 0 Å². The van der Waals surface area contributed by atoms with Gasteiger partial charge in [-0.25, -0.2) is 8.42 Å². The smallest absolute Gasteiger partial charge is 0.256 e. The third-order valence-electron chi connectivity index (χ3n) is 2.31. The molecule has 0 aromatic carbocycles. The molecular formula is C7H12N2O2S. The van der Waals surface area contributed by atoms with E-state index in [-0.39, 0.29) is 5.75 Å². The zero-order valence-corrected chi connectivity index (χ0v) is 7.68. The highest BCUT2D eigenvalue weighted by atomic mass is 32.2. The summed E-state index contributed by atoms with van der Waals surface area (Å²) < 4.78 is 25.9. The summed E-state index contributed by atoms with van der Waals surface area (Å²) in [7, 11) is -3.11. The zero-order valence-electron chi connectivity index (χ0n) is 6.86. The Kier molecular flexibility index (Phi) is 1.83. The Bertz CT molecular complexity index is 307. The van der Waals surface area contributed by atoms with Gasteiger partial charge in [-0.15, -0.1) is 0 Å². The molecule has 2 aliphatic rings. The van der Waals surface area contributed by atoms with Crippen LogP contribution in [0.5, 0.6) is 0 Å². The van der Waals surface area contributed by atoms with Crippen LogP contribution < -0.4 is 0 Å². The summed E-state index contributed by atoms with van der Waals surface area (Å²) in [5.41, 5.74) is 0. The van der Waals surface area contributed by atoms with E-state index in [0.29, 0.717) is 6.54 Å². The van der Waals surface area contributed by atoms with Crippen molar-refractivity contribution in [1.29, 1.82) is 0 Å². The third kappa shape index (κ3) is 1.46. The number of amidine groups is 1. The molecule has 0 saturated carbocycles. The average molecular weight is 188 g/mol. The quantitative estimate of drug-likeness (QED) is 0.546. The van der Waals surface area contributed by atoms with Gasteiger partial charge in [-0.3, -0.25) is 0 Å². The van der Waals surface area contributed by atoms with Crippen molar-refractivity contribution in [3.8, 4) is 0 Å². The molecule has 68 valence electrons. The minimum atomic E-state index is -3.11. The molecule has 0 amide bonds. The molecule has 1 fully saturated rings. The molecule has 0 radical (unpaired) electrons. The molecule has 2 rings (SSSR count). The van der Waals surface area contributed by atoms with Gasteiger partial charge in [0.2, 0.25) is 0 Å². The number of piperidine rings is 1. The Morgan fingerprint density at radius 2 is 2.08 bits per heavy atom. The molecular weight excluding hydrogens is 176 g/mol. The lowest BCUT2D eigenvalue weighted by atomic mass is 10.1. The Morgan fingerprint density at radius 3 is 2.92 bits per heavy atom. The monoisotopic (exact) mass is 188 g/mol. The lowest BCUT2D eigenvalue weighted by Gasteiger charge is -2.32. The molecule has 2 heterocycles. The Labute approximate surface area is 72.3 Å². The molecule has 0 spiro atoms. The molecule has 0 bridgehead atoms. The zero-order chi connectivity index (χ0) is 8.60. The Balaban J connectivity index is 2.29. The van der Waals surface area contributed by atoms with E-state index in [0.717, 1.165) is 25.2 Å². The van der Waals surface area contributed by atoms with E-state index in [1.807, 2.05) is 0 Å². The van der Waals surface area contributed by atoms with Crippen molar-refractivity contribution < 1.29 is 8.42 Å². The highest BCUT2D eigenvalue weighted by Crippen LogP contribution is 2.16. The van der Waals surface area contributed by atoms with Gasteiger partial charge in [-0.1, -0.05) is 0 Å². The minimum Gasteiger partial charge on any atom is -0.358 e. The first-order valence-electron chi connectivity index (χ1n) is 4.24. The fraction of sp³-hybridized carbons (Fsp3) is 0.857. The van der Waals surface area contributed by atoms with E-state index in [9.17, 15) is 8.42 Å². The predicted octanol–water partition coefficient (Wildman–Crippen LogP) is 0.214. The second-order valence-corrected chi connectivity index (χ2v) is 4.99. The minimum absolute atomic E-state index is 0.191. The number of fused-ring (bicyclic) bond motifs is 1. The van der Waals surface area contributed by atoms with Crippen molar-refractivity contribution in [3.05, 3.63) is 0 Å². The number of nitrogens with zero attached hydrogens (tertiary/aromatic N) is 2. The third-order valence-corrected chi connectivity index (χ3v) is 3.49. The van der Waals surface area contributed by atoms with Gasteiger partial charge in [0.25, 0.3) is 10.0 Å². The van der Waals surface area contributed by atoms with Gasteiger partial charge in [0, 0.05) is 19.5 Å². The summed E-state index contributed by atoms with van der Waals surface area (Å²) in [6.07, 6.45) is 3.07. The highest BCUT2D eigenvalue weighted by molar-refractivity contribution is 7.90. The molecule has 5 heteroatoms. The normalized spacial score (nSPS) is 27.7. The molecule has 0 N–H and O–H groups in total. The van der Waals surface area contributed by atoms with Crippen LogP contribution >= 0.6 is 0 Å². The molecule has 0 aromatic rings. The SMILES string of the molecule is O=S1(=O)CCN2CCCCC2=N1. The van der Waals surface area contributed by atoms with Crippen LogP contribution in [-0.4, -0.2) is 38.0 Å². The summed E-state index contributed by atoms with van der Waals surface area (Å²) in [4.78, 5) is 2.09. The van der Waals surface area contributed by atoms with E-state index >= 15 is 0 Å². The van der Waals surface area contributed by atoms with Crippen LogP contribution in [0, 0.1) is 0 Å². The van der Waals surface area contributed by atoms with Crippen LogP contribution in [-0.2, 0) is 10.0 Å². The summed E-state index contributed by atoms with van der Waals surface area (Å²) in [6, 6.07) is 0. The van der Waals surface area contributed by atoms with Crippen LogP contribution in [0.25, 0.3) is 0 Å². The molecule has 4 nitrogen and oxygen atoms in total. The first-order valence-corrected chi connectivity index (χ1v) is 5.85. The van der Waals surface area contributed by atoms with Crippen LogP contribution in [0.15, 0.2) is 4.40 Å². The van der Waals surface area contributed by atoms with E-state index in [4.69, 9.17) is 0 Å². The van der Waals surface area contributed by atoms with Gasteiger partial charge in [0.15, 0.2) is 0 Å². The number of rotatable bonds is 0. The largest absolute Gasteiger partial charge is 0.358 e. The Morgan fingerprint density at radius 1 is 1.25 bits per heavy atom. The lowest BCUT2D eigenvalue weighted by Crippen LogP contribution is -2.42. The number of hydrogen-bond donors (Lipinski definition) is 0. The standard InChI is InChI=1S/C7H12N2O2S/c10-12(11)6-5-9-4-2-1-3-7(9)8-12/h1-6H2. The number of hydrogen-bond acceptors (Lipinski definition) is 3. The van der Waals surface area contributed by atoms with Gasteiger partial charge < -0.3 is 4.90 Å². The molecule has 0 atom stereocenters. The molecule has 0 aliphatic carbocycles. The Hall–Kier alpha value is -0.580. The molecule has 12 heavy (non-hydrogen) atoms. The maximum Gasteiger partial charge on any atom is 0.256 e. The van der Waals surface area contributed by atoms with Crippen LogP contribution in [0.2, 0.25) is 0 Å². The summed E-state index contributed by atoms with van der Waals surface area (Å²) in [5.74, 6) is 0.976. The van der Waals surface area contributed by atoms with Crippen molar-refractivity contribution in [2.75, 3.05) is 18.8 Å². The van der Waals surface area contributed by atoms with Gasteiger partial charge in [0.05, 0.1) is 5.75 Å². The van der Waals surface area contributed by atoms with Crippen LogP contribution in [0.4, 0.5) is 0 Å². The first-order chi connectivity index (χ1) is 5.67. The van der Waals surface area contributed by atoms with Crippen LogP contribution in [0.1, 0.15) is 19.3 Å². The van der Waals surface area contributed by atoms with Crippen molar-refractivity contribution in [2.45, 2.75) is 19.3 Å². The fourth-order valence-electron chi connectivity index (χ4n) is 1.65. The summed E-state index contributed by atoms with van der Waals surface area (Å²) in [5, 5.41) is 0. The van der Waals surface area contributed by atoms with Crippen molar-refractivity contribution >= 4 is 15.9 Å². The number of sulfonamides is 1. The van der Waals surface area contributed by atoms with E-state index in [2.05, 4.69) is 9.30 Å². The second kappa shape index (κ2) is 2.73. The molecule has 0 aromatic heterocycles. The first kappa shape index (κ1) is 8.04. The molecule has 2 aliphatic heterocycles. The maximum atomic E-state index is 11.1. The fourth-order valence-corrected chi connectivity index (χ4v) is 2.72. The van der Waals surface area contributed by atoms with E-state index in [1.165, 1.54) is 6.42 Å². The van der Waals surface area contributed by atoms with Crippen molar-refractivity contribution in [2.24, 2.45) is 4.40 Å². The van der Waals surface area contributed by atoms with E-state index in [1.54, 1.807) is 0 Å². The summed E-state index contributed by atoms with van der Waals surface area (Å²) in [6.45, 7) is 1.62. The lowest BCUT2D eigenvalue weighted by molar-refractivity contribution is 0.382. The van der Waals surface area contributed by atoms with Crippen molar-refractivity contribution in [1.82, 2.24) is 4.90 Å². The molecule has 1 saturated heterocycles. The molecule has 0 unspecified atom stereocenters. The summed E-state index contributed by atoms with van der Waals surface area (Å²) >= 11 is 0. The maximum absolute atomic E-state index is 11.1. The van der Waals surface area contributed by atoms with Crippen LogP contribution in [0.3, 0.4) is 0 Å². The second-order valence-electron chi connectivity index (χ2n) is 3.24. The van der Waals surface area contributed by atoms with Gasteiger partial charge in [-0.05, 0) is 12.8 Å². The highest BCUT2D eigenvalue weighted by Gasteiger charge is 2.25. The van der Waals surface area contributed by atoms with Gasteiger partial charge >= 0.3 is 0 Å². The van der Waals surface area contributed by atoms with Gasteiger partial charge in [0.1, 0.15) is 5.84 Å². The van der Waals surface area contributed by atoms with Gasteiger partial charge in [-0.2, -0.15) is 4.40 Å². The topological polar surface area (TPSA) is 49.7 Å². The predicted molar refractivity (Wildman–Crippen MR) is 46.6 cm³/mol. The average Bonchev–Trinajstić information content (AvgIpc) is 2.02.